The number of nitrogens with zero attached hydrogens (tertiary/aromatic N) is 4. The molecule has 3 N–H and O–H groups in total. The minimum Gasteiger partial charge on any atom is -0.389 e. The molecule has 0 bridgehead atoms. The van der Waals surface area contributed by atoms with Gasteiger partial charge < -0.3 is 20.1 Å². The highest BCUT2D eigenvalue weighted by molar-refractivity contribution is 5.87. The van der Waals surface area contributed by atoms with E-state index in [1.165, 1.54) is 0 Å². The minimum absolute atomic E-state index is 0.186. The third-order valence-corrected chi connectivity index (χ3v) is 6.33. The Morgan fingerprint density at radius 3 is 2.73 bits per heavy atom. The zero-order valence-corrected chi connectivity index (χ0v) is 16.6. The average molecular weight is 403 g/mol. The molecule has 2 heterocycles. The second kappa shape index (κ2) is 6.62. The van der Waals surface area contributed by atoms with Crippen LogP contribution < -0.4 is 5.32 Å². The van der Waals surface area contributed by atoms with Crippen LogP contribution in [0.5, 0.6) is 0 Å². The van der Waals surface area contributed by atoms with E-state index in [0.29, 0.717) is 29.1 Å². The van der Waals surface area contributed by atoms with E-state index >= 15 is 0 Å². The summed E-state index contributed by atoms with van der Waals surface area (Å²) in [5.41, 5.74) is 1.73. The zero-order valence-electron chi connectivity index (χ0n) is 16.6. The summed E-state index contributed by atoms with van der Waals surface area (Å²) in [6.07, 6.45) is -0.114. The Hall–Kier alpha value is -3.28. The first-order valence-electron chi connectivity index (χ1n) is 9.84. The molecule has 1 aromatic carbocycles. The largest absolute Gasteiger partial charge is 0.389 e. The van der Waals surface area contributed by atoms with Crippen LogP contribution >= 0.6 is 0 Å². The molecular weight excluding hydrogens is 382 g/mol. The quantitative estimate of drug-likeness (QED) is 0.539. The van der Waals surface area contributed by atoms with E-state index in [2.05, 4.69) is 32.1 Å². The topological polar surface area (TPSA) is 113 Å². The maximum absolute atomic E-state index is 12.4. The maximum Gasteiger partial charge on any atom is 0.229 e. The molecule has 30 heavy (non-hydrogen) atoms. The lowest BCUT2D eigenvalue weighted by molar-refractivity contribution is -0.132. The van der Waals surface area contributed by atoms with Gasteiger partial charge in [0.2, 0.25) is 11.7 Å². The first kappa shape index (κ1) is 18.7. The molecule has 0 radical (unpaired) electrons. The van der Waals surface area contributed by atoms with Crippen molar-refractivity contribution in [2.75, 3.05) is 7.05 Å². The Bertz CT molecular complexity index is 1210. The number of amides is 1. The van der Waals surface area contributed by atoms with Gasteiger partial charge in [-0.25, -0.2) is 15.0 Å². The molecule has 2 saturated carbocycles. The number of carbonyl (C=O) groups is 1. The van der Waals surface area contributed by atoms with Crippen LogP contribution in [0.3, 0.4) is 0 Å². The van der Waals surface area contributed by atoms with Gasteiger partial charge in [0.25, 0.3) is 0 Å². The fraction of sp³-hybridized carbons (Fsp3) is 0.364. The predicted octanol–water partition coefficient (Wildman–Crippen LogP) is 0.563. The number of hydrogen-bond donors (Lipinski definition) is 3. The van der Waals surface area contributed by atoms with E-state index < -0.39 is 23.7 Å². The third kappa shape index (κ3) is 2.56. The predicted molar refractivity (Wildman–Crippen MR) is 108 cm³/mol. The lowest BCUT2D eigenvalue weighted by Gasteiger charge is -2.23. The molecule has 2 fully saturated rings. The fourth-order valence-corrected chi connectivity index (χ4v) is 4.77. The summed E-state index contributed by atoms with van der Waals surface area (Å²) in [4.78, 5) is 25.8. The van der Waals surface area contributed by atoms with Crippen molar-refractivity contribution in [2.45, 2.75) is 31.6 Å². The fourth-order valence-electron chi connectivity index (χ4n) is 4.77. The summed E-state index contributed by atoms with van der Waals surface area (Å²) in [6, 6.07) is 9.07. The number of benzene rings is 1. The summed E-state index contributed by atoms with van der Waals surface area (Å²) >= 11 is 0. The number of aromatic nitrogens is 4. The second-order valence-electron chi connectivity index (χ2n) is 7.93. The smallest absolute Gasteiger partial charge is 0.229 e. The number of fused-ring (bicyclic) bond motifs is 2. The van der Waals surface area contributed by atoms with Crippen LogP contribution in [-0.2, 0) is 4.79 Å². The molecule has 5 atom stereocenters. The van der Waals surface area contributed by atoms with Crippen LogP contribution in [0.2, 0.25) is 0 Å². The molecule has 0 aliphatic heterocycles. The molecule has 0 spiro atoms. The van der Waals surface area contributed by atoms with Crippen molar-refractivity contribution < 1.29 is 15.0 Å². The zero-order chi connectivity index (χ0) is 21.0. The van der Waals surface area contributed by atoms with E-state index in [9.17, 15) is 15.0 Å². The number of rotatable bonds is 2. The van der Waals surface area contributed by atoms with Crippen molar-refractivity contribution in [3.05, 3.63) is 53.7 Å². The van der Waals surface area contributed by atoms with Gasteiger partial charge in [-0.05, 0) is 31.4 Å². The van der Waals surface area contributed by atoms with Crippen LogP contribution in [0.15, 0.2) is 36.7 Å². The number of nitrogens with one attached hydrogen (secondary N) is 1. The molecule has 0 saturated heterocycles. The summed E-state index contributed by atoms with van der Waals surface area (Å²) in [6.45, 7) is 1.83. The van der Waals surface area contributed by atoms with Crippen LogP contribution in [0.1, 0.15) is 29.5 Å². The van der Waals surface area contributed by atoms with Crippen LogP contribution in [-0.4, -0.2) is 54.9 Å². The van der Waals surface area contributed by atoms with Crippen molar-refractivity contribution in [2.24, 2.45) is 11.3 Å². The Morgan fingerprint density at radius 2 is 2.00 bits per heavy atom. The van der Waals surface area contributed by atoms with Crippen LogP contribution in [0.25, 0.3) is 11.2 Å². The van der Waals surface area contributed by atoms with Gasteiger partial charge in [0.1, 0.15) is 11.6 Å². The first-order valence-corrected chi connectivity index (χ1v) is 9.84. The highest BCUT2D eigenvalue weighted by Crippen LogP contribution is 2.67. The van der Waals surface area contributed by atoms with Crippen molar-refractivity contribution >= 4 is 17.1 Å². The molecule has 0 unspecified atom stereocenters. The number of aryl methyl sites for hydroxylation is 1. The van der Waals surface area contributed by atoms with Gasteiger partial charge in [-0.1, -0.05) is 24.1 Å². The van der Waals surface area contributed by atoms with Crippen molar-refractivity contribution in [1.82, 2.24) is 24.8 Å². The third-order valence-electron chi connectivity index (χ3n) is 6.33. The van der Waals surface area contributed by atoms with Crippen LogP contribution in [0.4, 0.5) is 0 Å². The maximum atomic E-state index is 12.4. The first-order chi connectivity index (χ1) is 14.5. The highest BCUT2D eigenvalue weighted by Gasteiger charge is 2.75. The normalized spacial score (nSPS) is 29.2. The average Bonchev–Trinajstić information content (AvgIpc) is 3.29. The molecule has 152 valence electrons. The second-order valence-corrected chi connectivity index (χ2v) is 7.93. The lowest BCUT2D eigenvalue weighted by atomic mass is 9.98. The van der Waals surface area contributed by atoms with Gasteiger partial charge in [0, 0.05) is 18.5 Å². The van der Waals surface area contributed by atoms with E-state index in [1.807, 2.05) is 37.3 Å². The molecule has 1 amide bonds. The van der Waals surface area contributed by atoms with Gasteiger partial charge in [-0.2, -0.15) is 0 Å². The number of carbonyl (C=O) groups excluding carboxylic acids is 1. The summed E-state index contributed by atoms with van der Waals surface area (Å²) in [7, 11) is 1.54. The standard InChI is InChI=1S/C22H21N5O3/c1-12-16-20(26-15(25-12)9-8-13-6-4-3-5-7-13)27(11-24-16)17-14-10-22(14,21(30)23-2)19(29)18(17)28/h3-7,11,14,17-19,28-29H,10H2,1-2H3,(H,23,30)/t14-,17-,18-,19-,22+/m1/s1. The Morgan fingerprint density at radius 1 is 1.23 bits per heavy atom. The van der Waals surface area contributed by atoms with Gasteiger partial charge in [0.15, 0.2) is 5.65 Å². The molecular formula is C22H21N5O3. The molecule has 2 aliphatic rings. The minimum atomic E-state index is -1.13. The van der Waals surface area contributed by atoms with Gasteiger partial charge >= 0.3 is 0 Å². The Kier molecular flexibility index (Phi) is 4.13. The van der Waals surface area contributed by atoms with Gasteiger partial charge in [0.05, 0.1) is 29.6 Å². The molecule has 8 heteroatoms. The van der Waals surface area contributed by atoms with E-state index in [0.717, 1.165) is 5.56 Å². The van der Waals surface area contributed by atoms with E-state index in [4.69, 9.17) is 0 Å². The number of imidazole rings is 1. The van der Waals surface area contributed by atoms with E-state index in [1.54, 1.807) is 17.9 Å². The van der Waals surface area contributed by atoms with Gasteiger partial charge in [-0.15, -0.1) is 0 Å². The number of hydrogen-bond acceptors (Lipinski definition) is 6. The van der Waals surface area contributed by atoms with Crippen molar-refractivity contribution in [3.63, 3.8) is 0 Å². The summed E-state index contributed by atoms with van der Waals surface area (Å²) in [5, 5.41) is 24.0. The number of aliphatic hydroxyl groups excluding tert-OH is 2. The molecule has 3 aromatic rings. The molecule has 8 nitrogen and oxygen atoms in total. The summed E-state index contributed by atoms with van der Waals surface area (Å²) in [5.74, 6) is 5.96. The van der Waals surface area contributed by atoms with E-state index in [-0.39, 0.29) is 11.8 Å². The van der Waals surface area contributed by atoms with Crippen molar-refractivity contribution in [3.8, 4) is 11.8 Å². The summed E-state index contributed by atoms with van der Waals surface area (Å²) < 4.78 is 1.76. The Balaban J connectivity index is 1.56. The molecule has 2 aromatic heterocycles. The SMILES string of the molecule is CNC(=O)[C@@]12C[C@@H]1[C@@H](n1cnc3c(C)nc(C#Cc4ccccc4)nc31)[C@@H](O)[C@H]2O. The Labute approximate surface area is 173 Å². The monoisotopic (exact) mass is 403 g/mol. The molecule has 5 rings (SSSR count). The molecule has 2 aliphatic carbocycles. The lowest BCUT2D eigenvalue weighted by Crippen LogP contribution is -2.41. The highest BCUT2D eigenvalue weighted by atomic mass is 16.3. The van der Waals surface area contributed by atoms with Crippen molar-refractivity contribution in [1.29, 1.82) is 0 Å². The number of aliphatic hydroxyl groups is 2. The van der Waals surface area contributed by atoms with Gasteiger partial charge in [-0.3, -0.25) is 4.79 Å². The van der Waals surface area contributed by atoms with Crippen LogP contribution in [0, 0.1) is 30.1 Å².